The van der Waals surface area contributed by atoms with Crippen molar-refractivity contribution in [3.63, 3.8) is 0 Å². The molecule has 0 aliphatic carbocycles. The van der Waals surface area contributed by atoms with Gasteiger partial charge in [-0.2, -0.15) is 5.10 Å². The quantitative estimate of drug-likeness (QED) is 0.735. The van der Waals surface area contributed by atoms with Crippen LogP contribution in [0.2, 0.25) is 0 Å². The van der Waals surface area contributed by atoms with Crippen molar-refractivity contribution in [1.29, 1.82) is 0 Å². The van der Waals surface area contributed by atoms with E-state index in [2.05, 4.69) is 15.4 Å². The van der Waals surface area contributed by atoms with Gasteiger partial charge >= 0.3 is 0 Å². The van der Waals surface area contributed by atoms with Crippen LogP contribution in [0.1, 0.15) is 19.7 Å². The third kappa shape index (κ3) is 4.88. The molecule has 0 bridgehead atoms. The molecule has 0 saturated heterocycles. The minimum atomic E-state index is -0.107. The number of aromatic nitrogens is 3. The van der Waals surface area contributed by atoms with Gasteiger partial charge in [0, 0.05) is 20.0 Å². The minimum Gasteiger partial charge on any atom is -0.369 e. The number of rotatable bonds is 6. The number of ether oxygens (including phenoxy) is 1. The molecular formula is C10H18N4O2. The van der Waals surface area contributed by atoms with Gasteiger partial charge in [-0.05, 0) is 13.8 Å². The molecule has 1 aromatic heterocycles. The van der Waals surface area contributed by atoms with Crippen LogP contribution in [0.5, 0.6) is 0 Å². The summed E-state index contributed by atoms with van der Waals surface area (Å²) < 4.78 is 6.80. The predicted octanol–water partition coefficient (Wildman–Crippen LogP) is -0.101. The summed E-state index contributed by atoms with van der Waals surface area (Å²) in [7, 11) is 1.81. The topological polar surface area (TPSA) is 69.0 Å². The van der Waals surface area contributed by atoms with Crippen LogP contribution in [0, 0.1) is 0 Å². The Morgan fingerprint density at radius 3 is 2.94 bits per heavy atom. The van der Waals surface area contributed by atoms with E-state index < -0.39 is 0 Å². The highest BCUT2D eigenvalue weighted by atomic mass is 16.5. The average molecular weight is 226 g/mol. The number of carbonyl (C=O) groups excluding carboxylic acids is 1. The molecular weight excluding hydrogens is 208 g/mol. The molecule has 6 nitrogen and oxygen atoms in total. The van der Waals surface area contributed by atoms with Gasteiger partial charge in [0.2, 0.25) is 5.91 Å². The first kappa shape index (κ1) is 12.6. The molecule has 0 spiro atoms. The smallest absolute Gasteiger partial charge is 0.246 e. The van der Waals surface area contributed by atoms with Crippen LogP contribution >= 0.6 is 0 Å². The maximum absolute atomic E-state index is 11.3. The molecule has 1 amide bonds. The lowest BCUT2D eigenvalue weighted by atomic mass is 10.4. The monoisotopic (exact) mass is 226 g/mol. The van der Waals surface area contributed by atoms with E-state index >= 15 is 0 Å². The molecule has 0 aliphatic heterocycles. The Bertz CT molecular complexity index is 335. The first-order chi connectivity index (χ1) is 7.58. The van der Waals surface area contributed by atoms with Gasteiger partial charge in [-0.1, -0.05) is 0 Å². The normalized spacial score (nSPS) is 10.8. The summed E-state index contributed by atoms with van der Waals surface area (Å²) in [4.78, 5) is 15.3. The standard InChI is InChI=1S/C10H18N4O2/c1-8(2)16-6-10(15)11-5-4-9-12-7-14(3)13-9/h7-8H,4-6H2,1-3H3,(H,11,15). The second-order valence-electron chi connectivity index (χ2n) is 3.79. The highest BCUT2D eigenvalue weighted by Crippen LogP contribution is 1.89. The van der Waals surface area contributed by atoms with Crippen LogP contribution in [0.25, 0.3) is 0 Å². The van der Waals surface area contributed by atoms with Gasteiger partial charge in [0.1, 0.15) is 12.9 Å². The van der Waals surface area contributed by atoms with Crippen LogP contribution in [0.4, 0.5) is 0 Å². The Morgan fingerprint density at radius 1 is 1.62 bits per heavy atom. The summed E-state index contributed by atoms with van der Waals surface area (Å²) in [6.45, 7) is 4.42. The number of amides is 1. The van der Waals surface area contributed by atoms with E-state index in [4.69, 9.17) is 4.74 Å². The number of carbonyl (C=O) groups is 1. The van der Waals surface area contributed by atoms with E-state index in [1.165, 1.54) is 0 Å². The molecule has 0 atom stereocenters. The Hall–Kier alpha value is -1.43. The third-order valence-corrected chi connectivity index (χ3v) is 1.87. The van der Waals surface area contributed by atoms with Crippen LogP contribution in [0.15, 0.2) is 6.33 Å². The van der Waals surface area contributed by atoms with Crippen molar-refractivity contribution in [2.45, 2.75) is 26.4 Å². The summed E-state index contributed by atoms with van der Waals surface area (Å²) in [5, 5.41) is 6.85. The maximum Gasteiger partial charge on any atom is 0.246 e. The van der Waals surface area contributed by atoms with Crippen molar-refractivity contribution in [2.75, 3.05) is 13.2 Å². The summed E-state index contributed by atoms with van der Waals surface area (Å²) in [6, 6.07) is 0. The number of hydrogen-bond donors (Lipinski definition) is 1. The number of aryl methyl sites for hydroxylation is 1. The Balaban J connectivity index is 2.13. The van der Waals surface area contributed by atoms with Crippen molar-refractivity contribution in [3.05, 3.63) is 12.2 Å². The van der Waals surface area contributed by atoms with Crippen LogP contribution < -0.4 is 5.32 Å². The van der Waals surface area contributed by atoms with Gasteiger partial charge in [-0.25, -0.2) is 4.98 Å². The van der Waals surface area contributed by atoms with E-state index in [-0.39, 0.29) is 18.6 Å². The molecule has 1 rings (SSSR count). The zero-order valence-electron chi connectivity index (χ0n) is 9.93. The molecule has 90 valence electrons. The van der Waals surface area contributed by atoms with E-state index in [0.29, 0.717) is 13.0 Å². The fraction of sp³-hybridized carbons (Fsp3) is 0.700. The lowest BCUT2D eigenvalue weighted by Gasteiger charge is -2.07. The van der Waals surface area contributed by atoms with Crippen molar-refractivity contribution < 1.29 is 9.53 Å². The van der Waals surface area contributed by atoms with Gasteiger partial charge in [0.25, 0.3) is 0 Å². The van der Waals surface area contributed by atoms with E-state index in [9.17, 15) is 4.79 Å². The molecule has 6 heteroatoms. The summed E-state index contributed by atoms with van der Waals surface area (Å²) >= 11 is 0. The average Bonchev–Trinajstić information content (AvgIpc) is 2.61. The van der Waals surface area contributed by atoms with Gasteiger partial charge in [-0.15, -0.1) is 0 Å². The maximum atomic E-state index is 11.3. The second-order valence-corrected chi connectivity index (χ2v) is 3.79. The van der Waals surface area contributed by atoms with Gasteiger partial charge < -0.3 is 10.1 Å². The molecule has 16 heavy (non-hydrogen) atoms. The lowest BCUT2D eigenvalue weighted by molar-refractivity contribution is -0.127. The van der Waals surface area contributed by atoms with E-state index in [1.54, 1.807) is 11.0 Å². The van der Waals surface area contributed by atoms with E-state index in [1.807, 2.05) is 20.9 Å². The minimum absolute atomic E-state index is 0.0724. The number of nitrogens with one attached hydrogen (secondary N) is 1. The van der Waals surface area contributed by atoms with Crippen LogP contribution in [-0.2, 0) is 23.0 Å². The fourth-order valence-corrected chi connectivity index (χ4v) is 1.11. The summed E-state index contributed by atoms with van der Waals surface area (Å²) in [5.74, 6) is 0.622. The van der Waals surface area contributed by atoms with Crippen molar-refractivity contribution in [2.24, 2.45) is 7.05 Å². The SMILES string of the molecule is CC(C)OCC(=O)NCCc1ncn(C)n1. The lowest BCUT2D eigenvalue weighted by Crippen LogP contribution is -2.30. The molecule has 0 aliphatic rings. The van der Waals surface area contributed by atoms with Gasteiger partial charge in [0.15, 0.2) is 5.82 Å². The molecule has 1 heterocycles. The van der Waals surface area contributed by atoms with Crippen molar-refractivity contribution >= 4 is 5.91 Å². The highest BCUT2D eigenvalue weighted by molar-refractivity contribution is 5.77. The second kappa shape index (κ2) is 6.22. The van der Waals surface area contributed by atoms with Gasteiger partial charge in [-0.3, -0.25) is 9.48 Å². The number of hydrogen-bond acceptors (Lipinski definition) is 4. The van der Waals surface area contributed by atoms with Gasteiger partial charge in [0.05, 0.1) is 6.10 Å². The zero-order chi connectivity index (χ0) is 12.0. The highest BCUT2D eigenvalue weighted by Gasteiger charge is 2.03. The Kier molecular flexibility index (Phi) is 4.91. The molecule has 1 aromatic rings. The molecule has 0 aromatic carbocycles. The molecule has 0 saturated carbocycles. The number of nitrogens with zero attached hydrogens (tertiary/aromatic N) is 3. The molecule has 0 radical (unpaired) electrons. The Labute approximate surface area is 95.0 Å². The predicted molar refractivity (Wildman–Crippen MR) is 58.8 cm³/mol. The van der Waals surface area contributed by atoms with Crippen molar-refractivity contribution in [1.82, 2.24) is 20.1 Å². The molecule has 0 unspecified atom stereocenters. The third-order valence-electron chi connectivity index (χ3n) is 1.87. The zero-order valence-corrected chi connectivity index (χ0v) is 9.93. The van der Waals surface area contributed by atoms with E-state index in [0.717, 1.165) is 5.82 Å². The van der Waals surface area contributed by atoms with Crippen LogP contribution in [0.3, 0.4) is 0 Å². The fourth-order valence-electron chi connectivity index (χ4n) is 1.11. The Morgan fingerprint density at radius 2 is 2.38 bits per heavy atom. The summed E-state index contributed by atoms with van der Waals surface area (Å²) in [6.07, 6.45) is 2.34. The first-order valence-electron chi connectivity index (χ1n) is 5.30. The summed E-state index contributed by atoms with van der Waals surface area (Å²) in [5.41, 5.74) is 0. The first-order valence-corrected chi connectivity index (χ1v) is 5.30. The van der Waals surface area contributed by atoms with Crippen molar-refractivity contribution in [3.8, 4) is 0 Å². The molecule has 0 fully saturated rings. The molecule has 1 N–H and O–H groups in total. The largest absolute Gasteiger partial charge is 0.369 e. The van der Waals surface area contributed by atoms with Crippen LogP contribution in [-0.4, -0.2) is 39.9 Å².